The Bertz CT molecular complexity index is 1770. The van der Waals surface area contributed by atoms with E-state index in [1.165, 1.54) is 0 Å². The fourth-order valence-electron chi connectivity index (χ4n) is 4.78. The van der Waals surface area contributed by atoms with Crippen LogP contribution in [0.2, 0.25) is 0 Å². The summed E-state index contributed by atoms with van der Waals surface area (Å²) in [6, 6.07) is 27.7. The number of pyridine rings is 2. The van der Waals surface area contributed by atoms with Crippen LogP contribution in [0.3, 0.4) is 0 Å². The summed E-state index contributed by atoms with van der Waals surface area (Å²) in [4.78, 5) is 23.3. The first-order valence-electron chi connectivity index (χ1n) is 12.1. The Hall–Kier alpha value is -4.33. The van der Waals surface area contributed by atoms with Crippen molar-refractivity contribution in [3.8, 4) is 16.8 Å². The smallest absolute Gasteiger partial charge is 0.263 e. The molecule has 0 spiro atoms. The van der Waals surface area contributed by atoms with Crippen LogP contribution in [-0.2, 0) is 6.54 Å². The van der Waals surface area contributed by atoms with Gasteiger partial charge in [-0.05, 0) is 53.3 Å². The first-order chi connectivity index (χ1) is 18.1. The van der Waals surface area contributed by atoms with E-state index in [-0.39, 0.29) is 11.6 Å². The van der Waals surface area contributed by atoms with Crippen LogP contribution in [0.1, 0.15) is 24.2 Å². The average molecular weight is 504 g/mol. The minimum Gasteiger partial charge on any atom is -0.360 e. The van der Waals surface area contributed by atoms with E-state index in [4.69, 9.17) is 5.73 Å². The lowest BCUT2D eigenvalue weighted by molar-refractivity contribution is 0.774. The van der Waals surface area contributed by atoms with Crippen molar-refractivity contribution in [2.45, 2.75) is 19.5 Å². The minimum atomic E-state index is -0.218. The second-order valence-corrected chi connectivity index (χ2v) is 9.83. The monoisotopic (exact) mass is 503 g/mol. The van der Waals surface area contributed by atoms with Gasteiger partial charge in [0.2, 0.25) is 0 Å². The molecule has 0 aliphatic heterocycles. The molecule has 6 rings (SSSR count). The van der Waals surface area contributed by atoms with Gasteiger partial charge < -0.3 is 11.1 Å². The number of para-hydroxylation sites is 1. The van der Waals surface area contributed by atoms with E-state index >= 15 is 0 Å². The van der Waals surface area contributed by atoms with Crippen molar-refractivity contribution >= 4 is 38.1 Å². The molecule has 3 aromatic carbocycles. The molecule has 182 valence electrons. The van der Waals surface area contributed by atoms with Gasteiger partial charge >= 0.3 is 0 Å². The molecule has 0 saturated carbocycles. The molecule has 0 saturated heterocycles. The SMILES string of the molecule is C[C@H](Nc1nccc2scnc12)c1cc2cccc(-c3ccc(CN)cc3)c2c(=O)n1-c1ccccc1. The number of hydrogen-bond acceptors (Lipinski definition) is 6. The second-order valence-electron chi connectivity index (χ2n) is 8.94. The van der Waals surface area contributed by atoms with Crippen molar-refractivity contribution in [2.24, 2.45) is 5.73 Å². The highest BCUT2D eigenvalue weighted by Gasteiger charge is 2.20. The summed E-state index contributed by atoms with van der Waals surface area (Å²) >= 11 is 1.58. The number of hydrogen-bond donors (Lipinski definition) is 2. The third-order valence-electron chi connectivity index (χ3n) is 6.64. The molecule has 0 unspecified atom stereocenters. The third-order valence-corrected chi connectivity index (χ3v) is 7.43. The molecule has 0 bridgehead atoms. The van der Waals surface area contributed by atoms with Crippen molar-refractivity contribution in [1.82, 2.24) is 14.5 Å². The molecule has 3 N–H and O–H groups in total. The van der Waals surface area contributed by atoms with Crippen LogP contribution in [0, 0.1) is 0 Å². The van der Waals surface area contributed by atoms with Gasteiger partial charge in [-0.1, -0.05) is 60.7 Å². The number of anilines is 1. The Morgan fingerprint density at radius 1 is 0.973 bits per heavy atom. The normalized spacial score (nSPS) is 12.2. The lowest BCUT2D eigenvalue weighted by atomic mass is 9.97. The van der Waals surface area contributed by atoms with E-state index in [1.54, 1.807) is 22.1 Å². The number of aromatic nitrogens is 3. The van der Waals surface area contributed by atoms with Crippen molar-refractivity contribution in [2.75, 3.05) is 5.32 Å². The van der Waals surface area contributed by atoms with Crippen LogP contribution in [0.25, 0.3) is 37.8 Å². The van der Waals surface area contributed by atoms with Gasteiger partial charge in [0.05, 0.1) is 21.6 Å². The maximum absolute atomic E-state index is 14.3. The van der Waals surface area contributed by atoms with Crippen LogP contribution >= 0.6 is 11.3 Å². The molecule has 7 heteroatoms. The number of nitrogens with two attached hydrogens (primary N) is 1. The predicted octanol–water partition coefficient (Wildman–Crippen LogP) is 6.29. The molecule has 3 aromatic heterocycles. The largest absolute Gasteiger partial charge is 0.360 e. The van der Waals surface area contributed by atoms with Gasteiger partial charge in [0.15, 0.2) is 5.82 Å². The Labute approximate surface area is 218 Å². The summed E-state index contributed by atoms with van der Waals surface area (Å²) in [5.74, 6) is 0.701. The Morgan fingerprint density at radius 2 is 1.78 bits per heavy atom. The molecule has 0 fully saturated rings. The quantitative estimate of drug-likeness (QED) is 0.279. The first kappa shape index (κ1) is 23.1. The van der Waals surface area contributed by atoms with Crippen molar-refractivity contribution in [3.05, 3.63) is 118 Å². The number of nitrogens with zero attached hydrogens (tertiary/aromatic N) is 3. The molecule has 37 heavy (non-hydrogen) atoms. The fourth-order valence-corrected chi connectivity index (χ4v) is 5.45. The number of nitrogens with one attached hydrogen (secondary N) is 1. The highest BCUT2D eigenvalue weighted by Crippen LogP contribution is 2.31. The van der Waals surface area contributed by atoms with Gasteiger partial charge in [-0.25, -0.2) is 9.97 Å². The third kappa shape index (κ3) is 4.18. The van der Waals surface area contributed by atoms with Gasteiger partial charge in [0.1, 0.15) is 5.52 Å². The van der Waals surface area contributed by atoms with Gasteiger partial charge in [0.25, 0.3) is 5.56 Å². The van der Waals surface area contributed by atoms with E-state index < -0.39 is 0 Å². The topological polar surface area (TPSA) is 85.8 Å². The van der Waals surface area contributed by atoms with Crippen LogP contribution < -0.4 is 16.6 Å². The maximum Gasteiger partial charge on any atom is 0.263 e. The van der Waals surface area contributed by atoms with E-state index in [2.05, 4.69) is 21.4 Å². The van der Waals surface area contributed by atoms with Gasteiger partial charge in [0, 0.05) is 24.1 Å². The van der Waals surface area contributed by atoms with Crippen LogP contribution in [0.15, 0.2) is 101 Å². The summed E-state index contributed by atoms with van der Waals surface area (Å²) in [5.41, 5.74) is 13.0. The molecular weight excluding hydrogens is 478 g/mol. The van der Waals surface area contributed by atoms with E-state index in [0.717, 1.165) is 43.7 Å². The fraction of sp³-hybridized carbons (Fsp3) is 0.100. The number of thiazole rings is 1. The minimum absolute atomic E-state index is 0.0642. The summed E-state index contributed by atoms with van der Waals surface area (Å²) < 4.78 is 2.87. The summed E-state index contributed by atoms with van der Waals surface area (Å²) in [7, 11) is 0. The van der Waals surface area contributed by atoms with Gasteiger partial charge in [-0.15, -0.1) is 11.3 Å². The Balaban J connectivity index is 1.55. The van der Waals surface area contributed by atoms with Crippen LogP contribution in [-0.4, -0.2) is 14.5 Å². The molecule has 6 aromatic rings. The average Bonchev–Trinajstić information content (AvgIpc) is 3.43. The zero-order chi connectivity index (χ0) is 25.4. The molecule has 0 aliphatic rings. The lowest BCUT2D eigenvalue weighted by Crippen LogP contribution is -2.26. The number of fused-ring (bicyclic) bond motifs is 2. The Morgan fingerprint density at radius 3 is 2.57 bits per heavy atom. The highest BCUT2D eigenvalue weighted by atomic mass is 32.1. The van der Waals surface area contributed by atoms with Gasteiger partial charge in [-0.2, -0.15) is 0 Å². The molecule has 0 amide bonds. The number of benzene rings is 3. The highest BCUT2D eigenvalue weighted by molar-refractivity contribution is 7.16. The van der Waals surface area contributed by atoms with E-state index in [1.807, 2.05) is 91.3 Å². The van der Waals surface area contributed by atoms with E-state index in [9.17, 15) is 4.79 Å². The van der Waals surface area contributed by atoms with Gasteiger partial charge in [-0.3, -0.25) is 9.36 Å². The summed E-state index contributed by atoms with van der Waals surface area (Å²) in [5, 5.41) is 5.08. The Kier molecular flexibility index (Phi) is 6.00. The van der Waals surface area contributed by atoms with Crippen molar-refractivity contribution in [1.29, 1.82) is 0 Å². The predicted molar refractivity (Wildman–Crippen MR) is 152 cm³/mol. The standard InChI is InChI=1S/C30H25N5OS/c1-19(34-29-28-26(14-15-32-29)37-18-33-28)25-16-22-6-5-9-24(21-12-10-20(17-31)11-13-21)27(22)30(36)35(25)23-7-3-2-4-8-23/h2-16,18-19H,17,31H2,1H3,(H,32,34)/t19-/m0/s1. The van der Waals surface area contributed by atoms with Crippen LogP contribution in [0.5, 0.6) is 0 Å². The summed E-state index contributed by atoms with van der Waals surface area (Å²) in [6.07, 6.45) is 1.78. The van der Waals surface area contributed by atoms with Crippen molar-refractivity contribution in [3.63, 3.8) is 0 Å². The molecule has 0 aliphatic carbocycles. The molecular formula is C30H25N5OS. The molecule has 1 atom stereocenters. The van der Waals surface area contributed by atoms with Crippen molar-refractivity contribution < 1.29 is 0 Å². The maximum atomic E-state index is 14.3. The van der Waals surface area contributed by atoms with Crippen LogP contribution in [0.4, 0.5) is 5.82 Å². The number of rotatable bonds is 6. The lowest BCUT2D eigenvalue weighted by Gasteiger charge is -2.22. The molecule has 6 nitrogen and oxygen atoms in total. The zero-order valence-electron chi connectivity index (χ0n) is 20.3. The van der Waals surface area contributed by atoms with E-state index in [0.29, 0.717) is 17.7 Å². The molecule has 3 heterocycles. The summed E-state index contributed by atoms with van der Waals surface area (Å²) in [6.45, 7) is 2.52. The second kappa shape index (κ2) is 9.61. The molecule has 0 radical (unpaired) electrons. The zero-order valence-corrected chi connectivity index (χ0v) is 21.1. The first-order valence-corrected chi connectivity index (χ1v) is 13.0.